The van der Waals surface area contributed by atoms with Crippen LogP contribution in [0.1, 0.15) is 13.3 Å². The Bertz CT molecular complexity index is 177. The number of rotatable bonds is 3. The molecule has 1 aliphatic heterocycles. The van der Waals surface area contributed by atoms with Crippen molar-refractivity contribution in [2.24, 2.45) is 5.73 Å². The predicted octanol–water partition coefficient (Wildman–Crippen LogP) is -0.234. The molecular formula is C9H19N3O2. The zero-order chi connectivity index (χ0) is 10.4. The van der Waals surface area contributed by atoms with E-state index in [2.05, 4.69) is 5.32 Å². The summed E-state index contributed by atoms with van der Waals surface area (Å²) >= 11 is 0. The summed E-state index contributed by atoms with van der Waals surface area (Å²) in [6, 6.07) is 0.0657. The number of morpholine rings is 1. The first-order chi connectivity index (χ1) is 6.77. The molecule has 0 aliphatic carbocycles. The number of amides is 2. The monoisotopic (exact) mass is 201 g/mol. The first kappa shape index (κ1) is 11.3. The Hall–Kier alpha value is -0.810. The van der Waals surface area contributed by atoms with Crippen molar-refractivity contribution in [2.45, 2.75) is 19.4 Å². The van der Waals surface area contributed by atoms with E-state index in [9.17, 15) is 4.79 Å². The van der Waals surface area contributed by atoms with Crippen molar-refractivity contribution < 1.29 is 9.53 Å². The number of nitrogens with one attached hydrogen (secondary N) is 1. The van der Waals surface area contributed by atoms with Crippen molar-refractivity contribution in [3.05, 3.63) is 0 Å². The SMILES string of the molecule is CCC(CN)NC(=O)N1CCOCC1. The molecule has 0 radical (unpaired) electrons. The molecule has 5 heteroatoms. The molecule has 1 unspecified atom stereocenters. The van der Waals surface area contributed by atoms with Gasteiger partial charge >= 0.3 is 6.03 Å². The predicted molar refractivity (Wildman–Crippen MR) is 54.1 cm³/mol. The maximum Gasteiger partial charge on any atom is 0.317 e. The van der Waals surface area contributed by atoms with Gasteiger partial charge in [-0.1, -0.05) is 6.92 Å². The van der Waals surface area contributed by atoms with Crippen LogP contribution in [0.4, 0.5) is 4.79 Å². The normalized spacial score (nSPS) is 19.1. The van der Waals surface area contributed by atoms with Crippen LogP contribution in [0.5, 0.6) is 0 Å². The molecule has 5 nitrogen and oxygen atoms in total. The van der Waals surface area contributed by atoms with Gasteiger partial charge in [-0.2, -0.15) is 0 Å². The van der Waals surface area contributed by atoms with Crippen LogP contribution >= 0.6 is 0 Å². The number of hydrogen-bond donors (Lipinski definition) is 2. The molecule has 0 aromatic rings. The Kier molecular flexibility index (Phi) is 4.69. The number of carbonyl (C=O) groups is 1. The van der Waals surface area contributed by atoms with Gasteiger partial charge in [-0.05, 0) is 6.42 Å². The molecular weight excluding hydrogens is 182 g/mol. The number of nitrogens with two attached hydrogens (primary N) is 1. The minimum Gasteiger partial charge on any atom is -0.378 e. The fraction of sp³-hybridized carbons (Fsp3) is 0.889. The van der Waals surface area contributed by atoms with Gasteiger partial charge in [0.1, 0.15) is 0 Å². The van der Waals surface area contributed by atoms with E-state index in [4.69, 9.17) is 10.5 Å². The number of carbonyl (C=O) groups excluding carboxylic acids is 1. The molecule has 2 amide bonds. The van der Waals surface area contributed by atoms with Crippen molar-refractivity contribution in [3.8, 4) is 0 Å². The highest BCUT2D eigenvalue weighted by Gasteiger charge is 2.18. The molecule has 0 spiro atoms. The van der Waals surface area contributed by atoms with Gasteiger partial charge < -0.3 is 20.7 Å². The molecule has 0 aromatic heterocycles. The lowest BCUT2D eigenvalue weighted by molar-refractivity contribution is 0.0525. The van der Waals surface area contributed by atoms with Gasteiger partial charge in [-0.3, -0.25) is 0 Å². The zero-order valence-corrected chi connectivity index (χ0v) is 8.66. The van der Waals surface area contributed by atoms with Crippen LogP contribution in [-0.2, 0) is 4.74 Å². The number of hydrogen-bond acceptors (Lipinski definition) is 3. The van der Waals surface area contributed by atoms with Gasteiger partial charge in [0.25, 0.3) is 0 Å². The topological polar surface area (TPSA) is 67.6 Å². The van der Waals surface area contributed by atoms with Crippen LogP contribution in [0.3, 0.4) is 0 Å². The minimum absolute atomic E-state index is 0.0226. The third-order valence-electron chi connectivity index (χ3n) is 2.40. The van der Waals surface area contributed by atoms with Crippen molar-refractivity contribution in [1.29, 1.82) is 0 Å². The van der Waals surface area contributed by atoms with E-state index in [-0.39, 0.29) is 12.1 Å². The van der Waals surface area contributed by atoms with Gasteiger partial charge in [0.15, 0.2) is 0 Å². The second-order valence-corrected chi connectivity index (χ2v) is 3.39. The molecule has 1 heterocycles. The molecule has 1 atom stereocenters. The van der Waals surface area contributed by atoms with Crippen LogP contribution < -0.4 is 11.1 Å². The molecule has 0 aromatic carbocycles. The van der Waals surface area contributed by atoms with Crippen molar-refractivity contribution in [2.75, 3.05) is 32.8 Å². The molecule has 1 rings (SSSR count). The Labute approximate surface area is 84.6 Å². The van der Waals surface area contributed by atoms with E-state index in [0.717, 1.165) is 6.42 Å². The lowest BCUT2D eigenvalue weighted by Crippen LogP contribution is -2.50. The lowest BCUT2D eigenvalue weighted by Gasteiger charge is -2.28. The number of ether oxygens (including phenoxy) is 1. The van der Waals surface area contributed by atoms with E-state index in [1.807, 2.05) is 6.92 Å². The van der Waals surface area contributed by atoms with Crippen LogP contribution in [0, 0.1) is 0 Å². The van der Waals surface area contributed by atoms with E-state index in [1.54, 1.807) is 4.90 Å². The van der Waals surface area contributed by atoms with Crippen LogP contribution in [-0.4, -0.2) is 49.8 Å². The van der Waals surface area contributed by atoms with Crippen LogP contribution in [0.15, 0.2) is 0 Å². The summed E-state index contributed by atoms with van der Waals surface area (Å²) in [6.07, 6.45) is 0.868. The fourth-order valence-electron chi connectivity index (χ4n) is 1.36. The van der Waals surface area contributed by atoms with Crippen molar-refractivity contribution in [1.82, 2.24) is 10.2 Å². The van der Waals surface area contributed by atoms with E-state index in [1.165, 1.54) is 0 Å². The highest BCUT2D eigenvalue weighted by Crippen LogP contribution is 1.98. The summed E-state index contributed by atoms with van der Waals surface area (Å²) in [5.41, 5.74) is 5.50. The average Bonchev–Trinajstić information content (AvgIpc) is 2.26. The maximum absolute atomic E-state index is 11.6. The quantitative estimate of drug-likeness (QED) is 0.662. The van der Waals surface area contributed by atoms with Crippen molar-refractivity contribution in [3.63, 3.8) is 0 Å². The molecule has 3 N–H and O–H groups in total. The largest absolute Gasteiger partial charge is 0.378 e. The van der Waals surface area contributed by atoms with Crippen molar-refractivity contribution >= 4 is 6.03 Å². The van der Waals surface area contributed by atoms with E-state index < -0.39 is 0 Å². The standard InChI is InChI=1S/C9H19N3O2/c1-2-8(7-10)11-9(13)12-3-5-14-6-4-12/h8H,2-7,10H2,1H3,(H,11,13). The average molecular weight is 201 g/mol. The summed E-state index contributed by atoms with van der Waals surface area (Å²) < 4.78 is 5.16. The van der Waals surface area contributed by atoms with Gasteiger partial charge in [-0.15, -0.1) is 0 Å². The summed E-state index contributed by atoms with van der Waals surface area (Å²) in [5.74, 6) is 0. The third kappa shape index (κ3) is 3.16. The molecule has 0 saturated carbocycles. The Morgan fingerprint density at radius 3 is 2.71 bits per heavy atom. The van der Waals surface area contributed by atoms with Crippen LogP contribution in [0.2, 0.25) is 0 Å². The Morgan fingerprint density at radius 2 is 2.21 bits per heavy atom. The Balaban J connectivity index is 2.32. The van der Waals surface area contributed by atoms with Crippen LogP contribution in [0.25, 0.3) is 0 Å². The second-order valence-electron chi connectivity index (χ2n) is 3.39. The maximum atomic E-state index is 11.6. The first-order valence-electron chi connectivity index (χ1n) is 5.11. The summed E-state index contributed by atoms with van der Waals surface area (Å²) in [4.78, 5) is 13.4. The third-order valence-corrected chi connectivity index (χ3v) is 2.40. The Morgan fingerprint density at radius 1 is 1.57 bits per heavy atom. The van der Waals surface area contributed by atoms with Gasteiger partial charge in [0, 0.05) is 25.7 Å². The van der Waals surface area contributed by atoms with E-state index >= 15 is 0 Å². The number of urea groups is 1. The van der Waals surface area contributed by atoms with Gasteiger partial charge in [0.05, 0.1) is 13.2 Å². The minimum atomic E-state index is -0.0226. The summed E-state index contributed by atoms with van der Waals surface area (Å²) in [5, 5.41) is 2.89. The zero-order valence-electron chi connectivity index (χ0n) is 8.66. The molecule has 1 saturated heterocycles. The highest BCUT2D eigenvalue weighted by atomic mass is 16.5. The van der Waals surface area contributed by atoms with Gasteiger partial charge in [-0.25, -0.2) is 4.79 Å². The summed E-state index contributed by atoms with van der Waals surface area (Å²) in [7, 11) is 0. The first-order valence-corrected chi connectivity index (χ1v) is 5.11. The lowest BCUT2D eigenvalue weighted by atomic mass is 10.2. The molecule has 1 fully saturated rings. The molecule has 82 valence electrons. The molecule has 1 aliphatic rings. The van der Waals surface area contributed by atoms with E-state index in [0.29, 0.717) is 32.8 Å². The highest BCUT2D eigenvalue weighted by molar-refractivity contribution is 5.74. The van der Waals surface area contributed by atoms with Gasteiger partial charge in [0.2, 0.25) is 0 Å². The molecule has 0 bridgehead atoms. The fourth-order valence-corrected chi connectivity index (χ4v) is 1.36. The number of nitrogens with zero attached hydrogens (tertiary/aromatic N) is 1. The smallest absolute Gasteiger partial charge is 0.317 e. The second kappa shape index (κ2) is 5.82. The molecule has 14 heavy (non-hydrogen) atoms. The summed E-state index contributed by atoms with van der Waals surface area (Å²) in [6.45, 7) is 5.11.